The van der Waals surface area contributed by atoms with Crippen LogP contribution in [0.15, 0.2) is 40.3 Å². The molecule has 2 aromatic rings. The average Bonchev–Trinajstić information content (AvgIpc) is 2.58. The molecule has 9 heteroatoms. The van der Waals surface area contributed by atoms with Crippen LogP contribution in [0.2, 0.25) is 0 Å². The van der Waals surface area contributed by atoms with Gasteiger partial charge in [0.05, 0.1) is 6.61 Å². The lowest BCUT2D eigenvalue weighted by Crippen LogP contribution is -2.24. The van der Waals surface area contributed by atoms with Crippen LogP contribution in [0.3, 0.4) is 0 Å². The minimum Gasteiger partial charge on any atom is -0.384 e. The zero-order valence-corrected chi connectivity index (χ0v) is 14.6. The van der Waals surface area contributed by atoms with Crippen molar-refractivity contribution in [3.8, 4) is 0 Å². The van der Waals surface area contributed by atoms with Crippen molar-refractivity contribution in [1.82, 2.24) is 9.97 Å². The summed E-state index contributed by atoms with van der Waals surface area (Å²) in [4.78, 5) is 42.8. The maximum Gasteiger partial charge on any atom is 0.277 e. The summed E-state index contributed by atoms with van der Waals surface area (Å²) in [5.74, 6) is -0.296. The van der Waals surface area contributed by atoms with Crippen LogP contribution in [0, 0.1) is 0 Å². The van der Waals surface area contributed by atoms with Crippen LogP contribution < -0.4 is 16.2 Å². The molecular weight excluding hydrogens is 344 g/mol. The Morgan fingerprint density at radius 2 is 1.96 bits per heavy atom. The Morgan fingerprint density at radius 1 is 1.24 bits per heavy atom. The van der Waals surface area contributed by atoms with E-state index in [-0.39, 0.29) is 11.5 Å². The summed E-state index contributed by atoms with van der Waals surface area (Å²) in [5, 5.41) is 5.30. The number of hydrogen-bond acceptors (Lipinski definition) is 6. The molecule has 0 radical (unpaired) electrons. The lowest BCUT2D eigenvalue weighted by Gasteiger charge is -2.11. The summed E-state index contributed by atoms with van der Waals surface area (Å²) >= 11 is 1.27. The van der Waals surface area contributed by atoms with E-state index in [1.54, 1.807) is 37.4 Å². The topological polar surface area (TPSA) is 113 Å². The highest BCUT2D eigenvalue weighted by atomic mass is 32.2. The van der Waals surface area contributed by atoms with Gasteiger partial charge in [-0.05, 0) is 12.1 Å². The number of carbonyl (C=O) groups excluding carboxylic acids is 2. The number of amides is 2. The minimum absolute atomic E-state index is 0.000415. The van der Waals surface area contributed by atoms with Gasteiger partial charge in [0, 0.05) is 25.3 Å². The van der Waals surface area contributed by atoms with Crippen LogP contribution in [-0.4, -0.2) is 41.3 Å². The Balaban J connectivity index is 2.30. The van der Waals surface area contributed by atoms with E-state index in [2.05, 4.69) is 20.6 Å². The SMILES string of the molecule is COCCSc1nc(NC(C)=O)c(NC(=O)c2ccccc2)c(=O)[nH]1. The lowest BCUT2D eigenvalue weighted by atomic mass is 10.2. The largest absolute Gasteiger partial charge is 0.384 e. The Morgan fingerprint density at radius 3 is 2.60 bits per heavy atom. The molecule has 0 fully saturated rings. The zero-order chi connectivity index (χ0) is 18.2. The second-order valence-electron chi connectivity index (χ2n) is 4.94. The fourth-order valence-corrected chi connectivity index (χ4v) is 2.66. The highest BCUT2D eigenvalue weighted by molar-refractivity contribution is 7.99. The Kier molecular flexibility index (Phi) is 6.72. The van der Waals surface area contributed by atoms with Crippen molar-refractivity contribution in [2.75, 3.05) is 30.1 Å². The first-order valence-electron chi connectivity index (χ1n) is 7.41. The number of aromatic nitrogens is 2. The number of aromatic amines is 1. The number of nitrogens with zero attached hydrogens (tertiary/aromatic N) is 1. The molecular formula is C16H18N4O4S. The summed E-state index contributed by atoms with van der Waals surface area (Å²) in [6, 6.07) is 8.43. The minimum atomic E-state index is -0.553. The third kappa shape index (κ3) is 5.44. The highest BCUT2D eigenvalue weighted by Crippen LogP contribution is 2.19. The molecule has 3 N–H and O–H groups in total. The van der Waals surface area contributed by atoms with Gasteiger partial charge in [-0.1, -0.05) is 30.0 Å². The summed E-state index contributed by atoms with van der Waals surface area (Å²) in [5.41, 5.74) is -0.280. The number of nitrogens with one attached hydrogen (secondary N) is 3. The van der Waals surface area contributed by atoms with Crippen molar-refractivity contribution in [3.05, 3.63) is 46.2 Å². The summed E-state index contributed by atoms with van der Waals surface area (Å²) in [7, 11) is 1.57. The quantitative estimate of drug-likeness (QED) is 0.393. The number of methoxy groups -OCH3 is 1. The number of carbonyl (C=O) groups is 2. The van der Waals surface area contributed by atoms with Crippen molar-refractivity contribution < 1.29 is 14.3 Å². The van der Waals surface area contributed by atoms with E-state index < -0.39 is 17.4 Å². The van der Waals surface area contributed by atoms with Gasteiger partial charge in [-0.2, -0.15) is 0 Å². The van der Waals surface area contributed by atoms with Crippen molar-refractivity contribution in [2.24, 2.45) is 0 Å². The van der Waals surface area contributed by atoms with Gasteiger partial charge in [0.15, 0.2) is 16.7 Å². The second kappa shape index (κ2) is 9.00. The molecule has 2 amide bonds. The summed E-state index contributed by atoms with van der Waals surface area (Å²) in [6.07, 6.45) is 0. The molecule has 0 spiro atoms. The van der Waals surface area contributed by atoms with E-state index >= 15 is 0 Å². The second-order valence-corrected chi connectivity index (χ2v) is 6.02. The third-order valence-electron chi connectivity index (χ3n) is 2.99. The smallest absolute Gasteiger partial charge is 0.277 e. The summed E-state index contributed by atoms with van der Waals surface area (Å²) in [6.45, 7) is 1.78. The van der Waals surface area contributed by atoms with E-state index in [0.29, 0.717) is 23.1 Å². The van der Waals surface area contributed by atoms with Crippen LogP contribution >= 0.6 is 11.8 Å². The van der Waals surface area contributed by atoms with Crippen LogP contribution in [0.25, 0.3) is 0 Å². The first-order valence-corrected chi connectivity index (χ1v) is 8.40. The fraction of sp³-hybridized carbons (Fsp3) is 0.250. The lowest BCUT2D eigenvalue weighted by molar-refractivity contribution is -0.114. The average molecular weight is 362 g/mol. The first-order chi connectivity index (χ1) is 12.0. The molecule has 25 heavy (non-hydrogen) atoms. The van der Waals surface area contributed by atoms with Crippen molar-refractivity contribution in [3.63, 3.8) is 0 Å². The maximum absolute atomic E-state index is 12.3. The Hall–Kier alpha value is -2.65. The van der Waals surface area contributed by atoms with Crippen LogP contribution in [0.1, 0.15) is 17.3 Å². The number of rotatable bonds is 7. The molecule has 0 aliphatic carbocycles. The molecule has 1 aromatic heterocycles. The Labute approximate surface area is 148 Å². The highest BCUT2D eigenvalue weighted by Gasteiger charge is 2.16. The van der Waals surface area contributed by atoms with Gasteiger partial charge < -0.3 is 15.4 Å². The van der Waals surface area contributed by atoms with E-state index in [9.17, 15) is 14.4 Å². The molecule has 2 rings (SSSR count). The number of thioether (sulfide) groups is 1. The molecule has 1 heterocycles. The monoisotopic (exact) mass is 362 g/mol. The predicted molar refractivity (Wildman–Crippen MR) is 96.2 cm³/mol. The van der Waals surface area contributed by atoms with Gasteiger partial charge in [-0.3, -0.25) is 19.4 Å². The molecule has 132 valence electrons. The number of hydrogen-bond donors (Lipinski definition) is 3. The third-order valence-corrected chi connectivity index (χ3v) is 3.83. The molecule has 0 unspecified atom stereocenters. The van der Waals surface area contributed by atoms with E-state index in [4.69, 9.17) is 4.74 Å². The number of H-pyrrole nitrogens is 1. The fourth-order valence-electron chi connectivity index (χ4n) is 1.89. The number of anilines is 2. The molecule has 0 atom stereocenters. The summed E-state index contributed by atoms with van der Waals surface area (Å²) < 4.78 is 4.95. The van der Waals surface area contributed by atoms with Crippen LogP contribution in [-0.2, 0) is 9.53 Å². The van der Waals surface area contributed by atoms with Gasteiger partial charge in [0.25, 0.3) is 11.5 Å². The molecule has 0 aliphatic heterocycles. The standard InChI is InChI=1S/C16H18N4O4S/c1-10(21)17-13-12(18-14(22)11-6-4-3-5-7-11)15(23)20-16(19-13)25-9-8-24-2/h3-7H,8-9H2,1-2H3,(H,18,22)(H2,17,19,20,21,23). The van der Waals surface area contributed by atoms with E-state index in [1.165, 1.54) is 18.7 Å². The molecule has 0 saturated heterocycles. The van der Waals surface area contributed by atoms with E-state index in [0.717, 1.165) is 0 Å². The zero-order valence-electron chi connectivity index (χ0n) is 13.8. The van der Waals surface area contributed by atoms with Crippen molar-refractivity contribution in [2.45, 2.75) is 12.1 Å². The molecule has 8 nitrogen and oxygen atoms in total. The molecule has 0 aliphatic rings. The number of benzene rings is 1. The van der Waals surface area contributed by atoms with Crippen molar-refractivity contribution in [1.29, 1.82) is 0 Å². The molecule has 0 saturated carbocycles. The van der Waals surface area contributed by atoms with Gasteiger partial charge in [-0.25, -0.2) is 4.98 Å². The predicted octanol–water partition coefficient (Wildman–Crippen LogP) is 1.72. The van der Waals surface area contributed by atoms with Crippen LogP contribution in [0.4, 0.5) is 11.5 Å². The van der Waals surface area contributed by atoms with Gasteiger partial charge in [0.1, 0.15) is 0 Å². The van der Waals surface area contributed by atoms with E-state index in [1.807, 2.05) is 0 Å². The van der Waals surface area contributed by atoms with Gasteiger partial charge in [0.2, 0.25) is 5.91 Å². The van der Waals surface area contributed by atoms with Gasteiger partial charge in [-0.15, -0.1) is 0 Å². The Bertz CT molecular complexity index is 808. The van der Waals surface area contributed by atoms with Crippen molar-refractivity contribution >= 4 is 35.1 Å². The molecule has 1 aromatic carbocycles. The number of ether oxygens (including phenoxy) is 1. The first kappa shape index (κ1) is 18.7. The normalized spacial score (nSPS) is 10.3. The van der Waals surface area contributed by atoms with Gasteiger partial charge >= 0.3 is 0 Å². The van der Waals surface area contributed by atoms with Crippen LogP contribution in [0.5, 0.6) is 0 Å². The molecule has 0 bridgehead atoms. The maximum atomic E-state index is 12.3.